The Morgan fingerprint density at radius 2 is 2.05 bits per heavy atom. The normalized spacial score (nSPS) is 19.2. The van der Waals surface area contributed by atoms with Gasteiger partial charge in [-0.15, -0.1) is 0 Å². The predicted molar refractivity (Wildman–Crippen MR) is 87.1 cm³/mol. The molecule has 1 unspecified atom stereocenters. The molecule has 0 aromatic heterocycles. The van der Waals surface area contributed by atoms with Crippen molar-refractivity contribution in [2.24, 2.45) is 0 Å². The third-order valence-electron chi connectivity index (χ3n) is 4.23. The molecule has 0 spiro atoms. The highest BCUT2D eigenvalue weighted by molar-refractivity contribution is 6.30. The largest absolute Gasteiger partial charge is 0.490 e. The first-order valence-corrected chi connectivity index (χ1v) is 8.30. The van der Waals surface area contributed by atoms with Crippen LogP contribution in [0.1, 0.15) is 57.6 Å². The van der Waals surface area contributed by atoms with Crippen molar-refractivity contribution in [3.8, 4) is 5.75 Å². The topological polar surface area (TPSA) is 41.5 Å². The second-order valence-corrected chi connectivity index (χ2v) is 6.47. The van der Waals surface area contributed by atoms with Gasteiger partial charge in [-0.2, -0.15) is 0 Å². The van der Waals surface area contributed by atoms with E-state index < -0.39 is 5.60 Å². The minimum atomic E-state index is -0.670. The molecule has 0 aliphatic heterocycles. The number of hydrogen-bond acceptors (Lipinski definition) is 3. The van der Waals surface area contributed by atoms with E-state index in [2.05, 4.69) is 19.2 Å². The molecule has 1 aliphatic rings. The lowest BCUT2D eigenvalue weighted by atomic mass is 9.85. The summed E-state index contributed by atoms with van der Waals surface area (Å²) in [5.74, 6) is 0.812. The van der Waals surface area contributed by atoms with Gasteiger partial charge in [-0.25, -0.2) is 0 Å². The van der Waals surface area contributed by atoms with Crippen LogP contribution < -0.4 is 10.1 Å². The van der Waals surface area contributed by atoms with Gasteiger partial charge in [-0.1, -0.05) is 37.8 Å². The quantitative estimate of drug-likeness (QED) is 0.831. The summed E-state index contributed by atoms with van der Waals surface area (Å²) in [6.07, 6.45) is 5.05. The number of benzene rings is 1. The molecule has 1 aromatic carbocycles. The van der Waals surface area contributed by atoms with Crippen LogP contribution >= 0.6 is 11.6 Å². The Bertz CT molecular complexity index is 458. The molecule has 0 amide bonds. The predicted octanol–water partition coefficient (Wildman–Crippen LogP) is 4.08. The number of nitrogens with one attached hydrogen (secondary N) is 1. The Morgan fingerprint density at radius 1 is 1.33 bits per heavy atom. The van der Waals surface area contributed by atoms with E-state index in [1.165, 1.54) is 6.42 Å². The third kappa shape index (κ3) is 4.60. The summed E-state index contributed by atoms with van der Waals surface area (Å²) < 4.78 is 5.95. The van der Waals surface area contributed by atoms with E-state index in [1.54, 1.807) is 0 Å². The number of aliphatic hydroxyl groups is 1. The van der Waals surface area contributed by atoms with Gasteiger partial charge < -0.3 is 15.2 Å². The van der Waals surface area contributed by atoms with E-state index in [0.29, 0.717) is 11.6 Å². The molecule has 2 N–H and O–H groups in total. The van der Waals surface area contributed by atoms with Crippen LogP contribution in [0.3, 0.4) is 0 Å². The van der Waals surface area contributed by atoms with Crippen LogP contribution in [0, 0.1) is 0 Å². The summed E-state index contributed by atoms with van der Waals surface area (Å²) in [4.78, 5) is 0. The zero-order valence-electron chi connectivity index (χ0n) is 13.0. The Kier molecular flexibility index (Phi) is 5.91. The van der Waals surface area contributed by atoms with Gasteiger partial charge in [0, 0.05) is 16.6 Å². The van der Waals surface area contributed by atoms with Crippen molar-refractivity contribution in [2.75, 3.05) is 13.2 Å². The van der Waals surface area contributed by atoms with Crippen molar-refractivity contribution in [3.63, 3.8) is 0 Å². The molecule has 118 valence electrons. The second kappa shape index (κ2) is 7.48. The molecule has 1 aromatic rings. The maximum absolute atomic E-state index is 10.6. The van der Waals surface area contributed by atoms with Crippen LogP contribution in [0.5, 0.6) is 5.75 Å². The van der Waals surface area contributed by atoms with Crippen LogP contribution in [0.4, 0.5) is 0 Å². The average molecular weight is 312 g/mol. The maximum Gasteiger partial charge on any atom is 0.124 e. The molecule has 1 aliphatic carbocycles. The van der Waals surface area contributed by atoms with E-state index in [4.69, 9.17) is 16.3 Å². The van der Waals surface area contributed by atoms with Crippen molar-refractivity contribution in [1.82, 2.24) is 5.32 Å². The summed E-state index contributed by atoms with van der Waals surface area (Å²) in [5.41, 5.74) is 0.375. The Labute approximate surface area is 132 Å². The van der Waals surface area contributed by atoms with Crippen molar-refractivity contribution in [1.29, 1.82) is 0 Å². The molecule has 21 heavy (non-hydrogen) atoms. The van der Waals surface area contributed by atoms with Gasteiger partial charge in [0.25, 0.3) is 0 Å². The maximum atomic E-state index is 10.6. The Morgan fingerprint density at radius 3 is 2.71 bits per heavy atom. The molecule has 1 saturated carbocycles. The Balaban J connectivity index is 2.08. The molecular formula is C17H26ClNO2. The molecule has 1 fully saturated rings. The highest BCUT2D eigenvalue weighted by Crippen LogP contribution is 2.32. The standard InChI is InChI=1S/C17H26ClNO2/c1-3-19-13(2)15-11-14(18)7-8-16(15)21-12-17(20)9-5-4-6-10-17/h7-8,11,13,19-20H,3-6,9-10,12H2,1-2H3. The lowest BCUT2D eigenvalue weighted by molar-refractivity contribution is -0.0341. The van der Waals surface area contributed by atoms with E-state index in [1.807, 2.05) is 18.2 Å². The minimum absolute atomic E-state index is 0.171. The molecule has 0 radical (unpaired) electrons. The lowest BCUT2D eigenvalue weighted by Gasteiger charge is -2.32. The first-order chi connectivity index (χ1) is 10.0. The Hall–Kier alpha value is -0.770. The van der Waals surface area contributed by atoms with Crippen molar-refractivity contribution in [3.05, 3.63) is 28.8 Å². The first kappa shape index (κ1) is 16.6. The summed E-state index contributed by atoms with van der Waals surface area (Å²) in [6, 6.07) is 5.85. The summed E-state index contributed by atoms with van der Waals surface area (Å²) in [5, 5.41) is 14.6. The zero-order chi connectivity index (χ0) is 15.3. The van der Waals surface area contributed by atoms with Gasteiger partial charge in [-0.05, 0) is 44.5 Å². The van der Waals surface area contributed by atoms with Gasteiger partial charge in [0.2, 0.25) is 0 Å². The molecule has 0 heterocycles. The van der Waals surface area contributed by atoms with Crippen LogP contribution in [0.2, 0.25) is 5.02 Å². The smallest absolute Gasteiger partial charge is 0.124 e. The van der Waals surface area contributed by atoms with Gasteiger partial charge in [0.1, 0.15) is 12.4 Å². The summed E-state index contributed by atoms with van der Waals surface area (Å²) in [7, 11) is 0. The fourth-order valence-corrected chi connectivity index (χ4v) is 3.15. The second-order valence-electron chi connectivity index (χ2n) is 6.04. The van der Waals surface area contributed by atoms with Crippen LogP contribution in [-0.2, 0) is 0 Å². The molecule has 3 nitrogen and oxygen atoms in total. The van der Waals surface area contributed by atoms with Gasteiger partial charge in [0.15, 0.2) is 0 Å². The molecule has 4 heteroatoms. The fourth-order valence-electron chi connectivity index (χ4n) is 2.97. The van der Waals surface area contributed by atoms with Crippen molar-refractivity contribution in [2.45, 2.75) is 57.6 Å². The van der Waals surface area contributed by atoms with Gasteiger partial charge >= 0.3 is 0 Å². The molecular weight excluding hydrogens is 286 g/mol. The summed E-state index contributed by atoms with van der Waals surface area (Å²) >= 11 is 6.10. The van der Waals surface area contributed by atoms with Gasteiger partial charge in [-0.3, -0.25) is 0 Å². The van der Waals surface area contributed by atoms with Crippen molar-refractivity contribution >= 4 is 11.6 Å². The number of ether oxygens (including phenoxy) is 1. The third-order valence-corrected chi connectivity index (χ3v) is 4.46. The molecule has 2 rings (SSSR count). The van der Waals surface area contributed by atoms with Crippen LogP contribution in [0.25, 0.3) is 0 Å². The van der Waals surface area contributed by atoms with Crippen LogP contribution in [-0.4, -0.2) is 23.9 Å². The van der Waals surface area contributed by atoms with Crippen molar-refractivity contribution < 1.29 is 9.84 Å². The molecule has 0 saturated heterocycles. The van der Waals surface area contributed by atoms with E-state index in [9.17, 15) is 5.11 Å². The number of hydrogen-bond donors (Lipinski definition) is 2. The molecule has 0 bridgehead atoms. The van der Waals surface area contributed by atoms with E-state index >= 15 is 0 Å². The fraction of sp³-hybridized carbons (Fsp3) is 0.647. The first-order valence-electron chi connectivity index (χ1n) is 7.92. The monoisotopic (exact) mass is 311 g/mol. The van der Waals surface area contributed by atoms with E-state index in [0.717, 1.165) is 43.5 Å². The van der Waals surface area contributed by atoms with Crippen LogP contribution in [0.15, 0.2) is 18.2 Å². The number of rotatable bonds is 6. The van der Waals surface area contributed by atoms with E-state index in [-0.39, 0.29) is 6.04 Å². The average Bonchev–Trinajstić information content (AvgIpc) is 2.47. The van der Waals surface area contributed by atoms with Gasteiger partial charge in [0.05, 0.1) is 5.60 Å². The highest BCUT2D eigenvalue weighted by atomic mass is 35.5. The molecule has 1 atom stereocenters. The minimum Gasteiger partial charge on any atom is -0.490 e. The zero-order valence-corrected chi connectivity index (χ0v) is 13.7. The highest BCUT2D eigenvalue weighted by Gasteiger charge is 2.30. The SMILES string of the molecule is CCNC(C)c1cc(Cl)ccc1OCC1(O)CCCCC1. The number of halogens is 1. The summed E-state index contributed by atoms with van der Waals surface area (Å²) in [6.45, 7) is 5.42. The lowest BCUT2D eigenvalue weighted by Crippen LogP contribution is -2.38.